The second kappa shape index (κ2) is 7.41. The Bertz CT molecular complexity index is 454. The van der Waals surface area contributed by atoms with Gasteiger partial charge in [0.15, 0.2) is 0 Å². The maximum absolute atomic E-state index is 13.1. The molecule has 3 N–H and O–H groups in total. The van der Waals surface area contributed by atoms with E-state index in [1.807, 2.05) is 32.6 Å². The van der Waals surface area contributed by atoms with Gasteiger partial charge in [0.2, 0.25) is 5.91 Å². The summed E-state index contributed by atoms with van der Waals surface area (Å²) in [5.74, 6) is -0.340. The van der Waals surface area contributed by atoms with Crippen LogP contribution >= 0.6 is 0 Å². The molecule has 4 nitrogen and oxygen atoms in total. The van der Waals surface area contributed by atoms with E-state index in [1.165, 1.54) is 12.1 Å². The fraction of sp³-hybridized carbons (Fsp3) is 0.562. The average molecular weight is 295 g/mol. The van der Waals surface area contributed by atoms with Crippen molar-refractivity contribution in [2.24, 2.45) is 5.73 Å². The zero-order valence-corrected chi connectivity index (χ0v) is 13.3. The lowest BCUT2D eigenvalue weighted by molar-refractivity contribution is -0.123. The molecule has 0 aliphatic rings. The van der Waals surface area contributed by atoms with Gasteiger partial charge in [-0.3, -0.25) is 4.79 Å². The normalized spacial score (nSPS) is 12.9. The molecule has 0 aliphatic carbocycles. The zero-order chi connectivity index (χ0) is 16.0. The maximum Gasteiger partial charge on any atom is 0.242 e. The van der Waals surface area contributed by atoms with Gasteiger partial charge in [0.05, 0.1) is 0 Å². The molecule has 1 aromatic carbocycles. The van der Waals surface area contributed by atoms with Gasteiger partial charge in [0.25, 0.3) is 0 Å². The minimum absolute atomic E-state index is 0.0520. The summed E-state index contributed by atoms with van der Waals surface area (Å²) in [6, 6.07) is 5.83. The molecule has 0 saturated heterocycles. The lowest BCUT2D eigenvalue weighted by Crippen LogP contribution is -2.51. The van der Waals surface area contributed by atoms with E-state index in [4.69, 9.17) is 5.73 Å². The van der Waals surface area contributed by atoms with Crippen LogP contribution in [0.15, 0.2) is 24.3 Å². The molecule has 0 radical (unpaired) electrons. The minimum atomic E-state index is -0.346. The summed E-state index contributed by atoms with van der Waals surface area (Å²) >= 11 is 0. The number of nitrogens with two attached hydrogens (primary N) is 1. The van der Waals surface area contributed by atoms with E-state index in [0.29, 0.717) is 13.1 Å². The van der Waals surface area contributed by atoms with E-state index >= 15 is 0 Å². The first kappa shape index (κ1) is 17.4. The van der Waals surface area contributed by atoms with Crippen LogP contribution in [-0.2, 0) is 4.79 Å². The van der Waals surface area contributed by atoms with Crippen molar-refractivity contribution in [3.8, 4) is 0 Å². The smallest absolute Gasteiger partial charge is 0.242 e. The first-order chi connectivity index (χ1) is 9.74. The van der Waals surface area contributed by atoms with E-state index in [1.54, 1.807) is 12.1 Å². The Kier molecular flexibility index (Phi) is 6.15. The fourth-order valence-corrected chi connectivity index (χ4v) is 2.06. The van der Waals surface area contributed by atoms with Crippen LogP contribution < -0.4 is 16.0 Å². The third kappa shape index (κ3) is 5.71. The molecule has 0 spiro atoms. The first-order valence-electron chi connectivity index (χ1n) is 7.29. The van der Waals surface area contributed by atoms with Gasteiger partial charge in [-0.05, 0) is 64.9 Å². The third-order valence-corrected chi connectivity index (χ3v) is 3.11. The molecule has 1 atom stereocenters. The molecular weight excluding hydrogens is 269 g/mol. The van der Waals surface area contributed by atoms with E-state index in [-0.39, 0.29) is 23.3 Å². The van der Waals surface area contributed by atoms with Gasteiger partial charge in [0, 0.05) is 17.8 Å². The quantitative estimate of drug-likeness (QED) is 0.846. The summed E-state index contributed by atoms with van der Waals surface area (Å²) in [5, 5.41) is 2.97. The van der Waals surface area contributed by atoms with Gasteiger partial charge >= 0.3 is 0 Å². The molecule has 5 heteroatoms. The molecular formula is C16H26FN3O. The highest BCUT2D eigenvalue weighted by atomic mass is 19.1. The molecule has 1 unspecified atom stereocenters. The van der Waals surface area contributed by atoms with Gasteiger partial charge in [-0.25, -0.2) is 4.39 Å². The SMILES string of the molecule is CC(C(=O)NC(C)(C)C)N(CCCN)c1ccc(F)cc1. The van der Waals surface area contributed by atoms with Crippen molar-refractivity contribution in [2.45, 2.75) is 45.7 Å². The van der Waals surface area contributed by atoms with E-state index in [2.05, 4.69) is 5.32 Å². The minimum Gasteiger partial charge on any atom is -0.360 e. The molecule has 118 valence electrons. The number of nitrogens with one attached hydrogen (secondary N) is 1. The van der Waals surface area contributed by atoms with Crippen LogP contribution in [-0.4, -0.2) is 30.6 Å². The lowest BCUT2D eigenvalue weighted by Gasteiger charge is -2.33. The summed E-state index contributed by atoms with van der Waals surface area (Å²) in [5.41, 5.74) is 6.11. The second-order valence-electron chi connectivity index (χ2n) is 6.23. The summed E-state index contributed by atoms with van der Waals surface area (Å²) < 4.78 is 13.1. The Morgan fingerprint density at radius 3 is 2.38 bits per heavy atom. The highest BCUT2D eigenvalue weighted by Crippen LogP contribution is 2.18. The van der Waals surface area contributed by atoms with Gasteiger partial charge < -0.3 is 16.0 Å². The number of rotatable bonds is 6. The number of amides is 1. The van der Waals surface area contributed by atoms with Crippen molar-refractivity contribution in [3.05, 3.63) is 30.1 Å². The van der Waals surface area contributed by atoms with Crippen LogP contribution in [0.25, 0.3) is 0 Å². The highest BCUT2D eigenvalue weighted by molar-refractivity contribution is 5.85. The largest absolute Gasteiger partial charge is 0.360 e. The molecule has 0 aliphatic heterocycles. The number of carbonyl (C=O) groups excluding carboxylic acids is 1. The van der Waals surface area contributed by atoms with Crippen LogP contribution in [0.3, 0.4) is 0 Å². The number of hydrogen-bond acceptors (Lipinski definition) is 3. The Hall–Kier alpha value is -1.62. The van der Waals surface area contributed by atoms with Crippen LogP contribution in [0, 0.1) is 5.82 Å². The van der Waals surface area contributed by atoms with Crippen LogP contribution in [0.2, 0.25) is 0 Å². The predicted octanol–water partition coefficient (Wildman–Crippen LogP) is 2.28. The predicted molar refractivity (Wildman–Crippen MR) is 84.8 cm³/mol. The monoisotopic (exact) mass is 295 g/mol. The number of nitrogens with zero attached hydrogens (tertiary/aromatic N) is 1. The van der Waals surface area contributed by atoms with Gasteiger partial charge in [-0.15, -0.1) is 0 Å². The molecule has 0 aromatic heterocycles. The fourth-order valence-electron chi connectivity index (χ4n) is 2.06. The first-order valence-corrected chi connectivity index (χ1v) is 7.29. The molecule has 0 fully saturated rings. The molecule has 0 saturated carbocycles. The summed E-state index contributed by atoms with van der Waals surface area (Å²) in [6.07, 6.45) is 0.768. The van der Waals surface area contributed by atoms with Crippen molar-refractivity contribution in [1.82, 2.24) is 5.32 Å². The molecule has 0 heterocycles. The van der Waals surface area contributed by atoms with Crippen molar-refractivity contribution in [3.63, 3.8) is 0 Å². The molecule has 1 amide bonds. The number of carbonyl (C=O) groups is 1. The number of halogens is 1. The van der Waals surface area contributed by atoms with E-state index < -0.39 is 0 Å². The van der Waals surface area contributed by atoms with Crippen molar-refractivity contribution in [2.75, 3.05) is 18.0 Å². The second-order valence-corrected chi connectivity index (χ2v) is 6.23. The molecule has 0 bridgehead atoms. The summed E-state index contributed by atoms with van der Waals surface area (Å²) in [6.45, 7) is 8.88. The van der Waals surface area contributed by atoms with Crippen LogP contribution in [0.1, 0.15) is 34.1 Å². The topological polar surface area (TPSA) is 58.4 Å². The number of hydrogen-bond donors (Lipinski definition) is 2. The molecule has 21 heavy (non-hydrogen) atoms. The van der Waals surface area contributed by atoms with Gasteiger partial charge in [-0.2, -0.15) is 0 Å². The molecule has 1 aromatic rings. The average Bonchev–Trinajstić information content (AvgIpc) is 2.39. The summed E-state index contributed by atoms with van der Waals surface area (Å²) in [7, 11) is 0. The van der Waals surface area contributed by atoms with Crippen LogP contribution in [0.5, 0.6) is 0 Å². The Labute approximate surface area is 126 Å². The Balaban J connectivity index is 2.90. The van der Waals surface area contributed by atoms with Gasteiger partial charge in [-0.1, -0.05) is 0 Å². The van der Waals surface area contributed by atoms with Crippen molar-refractivity contribution in [1.29, 1.82) is 0 Å². The van der Waals surface area contributed by atoms with Crippen molar-refractivity contribution >= 4 is 11.6 Å². The highest BCUT2D eigenvalue weighted by Gasteiger charge is 2.24. The van der Waals surface area contributed by atoms with E-state index in [9.17, 15) is 9.18 Å². The molecule has 1 rings (SSSR count). The van der Waals surface area contributed by atoms with Gasteiger partial charge in [0.1, 0.15) is 11.9 Å². The lowest BCUT2D eigenvalue weighted by atomic mass is 10.1. The van der Waals surface area contributed by atoms with Crippen molar-refractivity contribution < 1.29 is 9.18 Å². The zero-order valence-electron chi connectivity index (χ0n) is 13.3. The van der Waals surface area contributed by atoms with Crippen LogP contribution in [0.4, 0.5) is 10.1 Å². The standard InChI is InChI=1S/C16H26FN3O/c1-12(15(21)19-16(2,3)4)20(11-5-10-18)14-8-6-13(17)7-9-14/h6-9,12H,5,10-11,18H2,1-4H3,(H,19,21). The number of anilines is 1. The van der Waals surface area contributed by atoms with E-state index in [0.717, 1.165) is 12.1 Å². The third-order valence-electron chi connectivity index (χ3n) is 3.11. The number of benzene rings is 1. The maximum atomic E-state index is 13.1. The Morgan fingerprint density at radius 2 is 1.90 bits per heavy atom. The summed E-state index contributed by atoms with van der Waals surface area (Å²) in [4.78, 5) is 14.3. The Morgan fingerprint density at radius 1 is 1.33 bits per heavy atom.